The standard InChI is InChI=1S/C11H22N2OS/c1-3-5-8(12)11(14)13-9-6-4-7-10(9)15-2/h8-10H,3-7,12H2,1-2H3,(H,13,14). The summed E-state index contributed by atoms with van der Waals surface area (Å²) in [5, 5.41) is 3.67. The zero-order chi connectivity index (χ0) is 11.3. The third kappa shape index (κ3) is 3.68. The predicted octanol–water partition coefficient (Wildman–Crippen LogP) is 1.51. The molecular weight excluding hydrogens is 208 g/mol. The monoisotopic (exact) mass is 230 g/mol. The van der Waals surface area contributed by atoms with Crippen molar-refractivity contribution in [1.82, 2.24) is 5.32 Å². The lowest BCUT2D eigenvalue weighted by molar-refractivity contribution is -0.123. The van der Waals surface area contributed by atoms with Crippen LogP contribution in [0, 0.1) is 0 Å². The normalized spacial score (nSPS) is 27.7. The van der Waals surface area contributed by atoms with E-state index in [-0.39, 0.29) is 11.9 Å². The van der Waals surface area contributed by atoms with Gasteiger partial charge in [-0.05, 0) is 25.5 Å². The largest absolute Gasteiger partial charge is 0.351 e. The van der Waals surface area contributed by atoms with Crippen molar-refractivity contribution in [2.24, 2.45) is 5.73 Å². The van der Waals surface area contributed by atoms with Gasteiger partial charge in [-0.15, -0.1) is 0 Å². The Morgan fingerprint density at radius 3 is 2.93 bits per heavy atom. The smallest absolute Gasteiger partial charge is 0.237 e. The second-order valence-electron chi connectivity index (χ2n) is 4.22. The van der Waals surface area contributed by atoms with Crippen LogP contribution < -0.4 is 11.1 Å². The minimum atomic E-state index is -0.321. The Hall–Kier alpha value is -0.220. The molecule has 3 nitrogen and oxygen atoms in total. The van der Waals surface area contributed by atoms with Crippen LogP contribution in [0.5, 0.6) is 0 Å². The SMILES string of the molecule is CCCC(N)C(=O)NC1CCCC1SC. The van der Waals surface area contributed by atoms with Crippen LogP contribution in [0.3, 0.4) is 0 Å². The molecule has 0 saturated heterocycles. The summed E-state index contributed by atoms with van der Waals surface area (Å²) in [6, 6.07) is 0.0218. The number of rotatable bonds is 5. The summed E-state index contributed by atoms with van der Waals surface area (Å²) in [5.74, 6) is 0.0304. The number of carbonyl (C=O) groups is 1. The van der Waals surface area contributed by atoms with E-state index in [4.69, 9.17) is 5.73 Å². The quantitative estimate of drug-likeness (QED) is 0.753. The van der Waals surface area contributed by atoms with E-state index >= 15 is 0 Å². The van der Waals surface area contributed by atoms with Crippen LogP contribution in [0.2, 0.25) is 0 Å². The fourth-order valence-corrected chi connectivity index (χ4v) is 3.04. The molecule has 0 heterocycles. The molecule has 0 spiro atoms. The van der Waals surface area contributed by atoms with Crippen LogP contribution in [0.4, 0.5) is 0 Å². The van der Waals surface area contributed by atoms with Gasteiger partial charge in [0, 0.05) is 11.3 Å². The highest BCUT2D eigenvalue weighted by atomic mass is 32.2. The summed E-state index contributed by atoms with van der Waals surface area (Å²) in [6.07, 6.45) is 7.40. The van der Waals surface area contributed by atoms with E-state index < -0.39 is 0 Å². The molecular formula is C11H22N2OS. The molecule has 0 bridgehead atoms. The van der Waals surface area contributed by atoms with Gasteiger partial charge in [0.1, 0.15) is 0 Å². The Kier molecular flexibility index (Phi) is 5.47. The number of amides is 1. The van der Waals surface area contributed by atoms with Crippen molar-refractivity contribution in [2.75, 3.05) is 6.26 Å². The van der Waals surface area contributed by atoms with Crippen LogP contribution in [0.25, 0.3) is 0 Å². The first kappa shape index (κ1) is 12.8. The van der Waals surface area contributed by atoms with Crippen molar-refractivity contribution in [1.29, 1.82) is 0 Å². The lowest BCUT2D eigenvalue weighted by atomic mass is 10.1. The van der Waals surface area contributed by atoms with Crippen LogP contribution in [-0.4, -0.2) is 29.5 Å². The Bertz CT molecular complexity index is 211. The van der Waals surface area contributed by atoms with Gasteiger partial charge in [-0.3, -0.25) is 4.79 Å². The van der Waals surface area contributed by atoms with Crippen LogP contribution in [-0.2, 0) is 4.79 Å². The van der Waals surface area contributed by atoms with Gasteiger partial charge in [-0.2, -0.15) is 11.8 Å². The van der Waals surface area contributed by atoms with E-state index in [2.05, 4.69) is 11.6 Å². The second kappa shape index (κ2) is 6.38. The maximum Gasteiger partial charge on any atom is 0.237 e. The average molecular weight is 230 g/mol. The zero-order valence-corrected chi connectivity index (χ0v) is 10.5. The lowest BCUT2D eigenvalue weighted by Crippen LogP contribution is -2.47. The third-order valence-corrected chi connectivity index (χ3v) is 4.19. The Labute approximate surface area is 96.6 Å². The highest BCUT2D eigenvalue weighted by Crippen LogP contribution is 2.28. The van der Waals surface area contributed by atoms with Crippen molar-refractivity contribution >= 4 is 17.7 Å². The van der Waals surface area contributed by atoms with Crippen molar-refractivity contribution in [2.45, 2.75) is 56.4 Å². The molecule has 1 fully saturated rings. The maximum absolute atomic E-state index is 11.7. The topological polar surface area (TPSA) is 55.1 Å². The van der Waals surface area contributed by atoms with E-state index in [0.717, 1.165) is 19.3 Å². The van der Waals surface area contributed by atoms with Gasteiger partial charge >= 0.3 is 0 Å². The Morgan fingerprint density at radius 1 is 1.60 bits per heavy atom. The lowest BCUT2D eigenvalue weighted by Gasteiger charge is -2.21. The first-order chi connectivity index (χ1) is 7.19. The fourth-order valence-electron chi connectivity index (χ4n) is 2.11. The second-order valence-corrected chi connectivity index (χ2v) is 5.29. The molecule has 3 N–H and O–H groups in total. The summed E-state index contributed by atoms with van der Waals surface area (Å²) in [7, 11) is 0. The Balaban J connectivity index is 2.36. The first-order valence-corrected chi connectivity index (χ1v) is 7.06. The molecule has 0 aromatic carbocycles. The summed E-state index contributed by atoms with van der Waals surface area (Å²) < 4.78 is 0. The van der Waals surface area contributed by atoms with Crippen LogP contribution >= 0.6 is 11.8 Å². The number of carbonyl (C=O) groups excluding carboxylic acids is 1. The first-order valence-electron chi connectivity index (χ1n) is 5.77. The van der Waals surface area contributed by atoms with E-state index in [1.54, 1.807) is 0 Å². The Morgan fingerprint density at radius 2 is 2.33 bits per heavy atom. The molecule has 1 saturated carbocycles. The molecule has 0 aromatic rings. The van der Waals surface area contributed by atoms with Crippen molar-refractivity contribution in [3.05, 3.63) is 0 Å². The number of nitrogens with one attached hydrogen (secondary N) is 1. The summed E-state index contributed by atoms with van der Waals surface area (Å²) >= 11 is 1.85. The van der Waals surface area contributed by atoms with Crippen molar-refractivity contribution < 1.29 is 4.79 Å². The van der Waals surface area contributed by atoms with Gasteiger partial charge in [-0.25, -0.2) is 0 Å². The minimum Gasteiger partial charge on any atom is -0.351 e. The molecule has 4 heteroatoms. The molecule has 1 aliphatic carbocycles. The van der Waals surface area contributed by atoms with Gasteiger partial charge < -0.3 is 11.1 Å². The van der Waals surface area contributed by atoms with E-state index in [9.17, 15) is 4.79 Å². The number of hydrogen-bond donors (Lipinski definition) is 2. The van der Waals surface area contributed by atoms with Crippen molar-refractivity contribution in [3.63, 3.8) is 0 Å². The molecule has 1 rings (SSSR count). The molecule has 0 radical (unpaired) electrons. The van der Waals surface area contributed by atoms with Gasteiger partial charge in [-0.1, -0.05) is 19.8 Å². The molecule has 0 aromatic heterocycles. The molecule has 15 heavy (non-hydrogen) atoms. The van der Waals surface area contributed by atoms with Gasteiger partial charge in [0.05, 0.1) is 6.04 Å². The summed E-state index contributed by atoms with van der Waals surface area (Å²) in [5.41, 5.74) is 5.77. The highest BCUT2D eigenvalue weighted by molar-refractivity contribution is 7.99. The summed E-state index contributed by atoms with van der Waals surface area (Å²) in [4.78, 5) is 11.7. The van der Waals surface area contributed by atoms with Crippen LogP contribution in [0.15, 0.2) is 0 Å². The van der Waals surface area contributed by atoms with Crippen LogP contribution in [0.1, 0.15) is 39.0 Å². The van der Waals surface area contributed by atoms with E-state index in [1.165, 1.54) is 12.8 Å². The number of thioether (sulfide) groups is 1. The molecule has 3 atom stereocenters. The van der Waals surface area contributed by atoms with Gasteiger partial charge in [0.2, 0.25) is 5.91 Å². The zero-order valence-electron chi connectivity index (χ0n) is 9.66. The number of hydrogen-bond acceptors (Lipinski definition) is 3. The molecule has 1 amide bonds. The number of nitrogens with two attached hydrogens (primary N) is 1. The maximum atomic E-state index is 11.7. The van der Waals surface area contributed by atoms with Gasteiger partial charge in [0.25, 0.3) is 0 Å². The predicted molar refractivity (Wildman–Crippen MR) is 66.0 cm³/mol. The molecule has 88 valence electrons. The summed E-state index contributed by atoms with van der Waals surface area (Å²) in [6.45, 7) is 2.05. The fraction of sp³-hybridized carbons (Fsp3) is 0.909. The molecule has 3 unspecified atom stereocenters. The molecule has 1 aliphatic rings. The van der Waals surface area contributed by atoms with Gasteiger partial charge in [0.15, 0.2) is 0 Å². The van der Waals surface area contributed by atoms with E-state index in [1.807, 2.05) is 18.7 Å². The van der Waals surface area contributed by atoms with Crippen molar-refractivity contribution in [3.8, 4) is 0 Å². The average Bonchev–Trinajstić information content (AvgIpc) is 2.65. The van der Waals surface area contributed by atoms with E-state index in [0.29, 0.717) is 11.3 Å². The molecule has 0 aliphatic heterocycles. The third-order valence-electron chi connectivity index (χ3n) is 3.02. The minimum absolute atomic E-state index is 0.0304. The highest BCUT2D eigenvalue weighted by Gasteiger charge is 2.28.